The Kier molecular flexibility index (Phi) is 6.28. The second kappa shape index (κ2) is 8.85. The molecule has 0 unspecified atom stereocenters. The number of thioether (sulfide) groups is 2. The van der Waals surface area contributed by atoms with Crippen LogP contribution in [0.5, 0.6) is 0 Å². The van der Waals surface area contributed by atoms with Gasteiger partial charge in [-0.05, 0) is 22.8 Å². The summed E-state index contributed by atoms with van der Waals surface area (Å²) in [5.41, 5.74) is 8.92. The van der Waals surface area contributed by atoms with Gasteiger partial charge in [0.15, 0.2) is 8.68 Å². The number of carbonyl (C=O) groups is 1. The Morgan fingerprint density at radius 3 is 2.46 bits per heavy atom. The Hall–Kier alpha value is -2.34. The largest absolute Gasteiger partial charge is 0.369 e. The molecule has 0 radical (unpaired) electrons. The van der Waals surface area contributed by atoms with Gasteiger partial charge in [0.2, 0.25) is 5.91 Å². The smallest absolute Gasteiger partial charge is 0.227 e. The molecule has 0 aliphatic carbocycles. The summed E-state index contributed by atoms with van der Waals surface area (Å²) >= 11 is 4.36. The van der Waals surface area contributed by atoms with Crippen LogP contribution in [0.15, 0.2) is 57.2 Å². The third-order valence-corrected chi connectivity index (χ3v) is 6.68. The summed E-state index contributed by atoms with van der Waals surface area (Å²) in [5, 5.41) is 17.4. The summed E-state index contributed by atoms with van der Waals surface area (Å²) in [4.78, 5) is 10.8. The van der Waals surface area contributed by atoms with E-state index in [2.05, 4.69) is 28.4 Å². The van der Waals surface area contributed by atoms with Crippen molar-refractivity contribution in [2.24, 2.45) is 5.73 Å². The topological polar surface area (TPSA) is 92.7 Å². The molecule has 26 heavy (non-hydrogen) atoms. The number of nitrogens with zero attached hydrogens (tertiary/aromatic N) is 3. The highest BCUT2D eigenvalue weighted by Crippen LogP contribution is 2.31. The van der Waals surface area contributed by atoms with Crippen molar-refractivity contribution in [1.82, 2.24) is 10.2 Å². The van der Waals surface area contributed by atoms with Gasteiger partial charge in [0.05, 0.1) is 17.4 Å². The summed E-state index contributed by atoms with van der Waals surface area (Å²) in [7, 11) is 0. The summed E-state index contributed by atoms with van der Waals surface area (Å²) in [6.07, 6.45) is 0. The van der Waals surface area contributed by atoms with Crippen LogP contribution in [0.3, 0.4) is 0 Å². The van der Waals surface area contributed by atoms with Crippen LogP contribution in [0, 0.1) is 11.3 Å². The Balaban J connectivity index is 1.61. The van der Waals surface area contributed by atoms with Crippen LogP contribution in [0.2, 0.25) is 0 Å². The average Bonchev–Trinajstić information content (AvgIpc) is 3.13. The van der Waals surface area contributed by atoms with E-state index in [4.69, 9.17) is 5.73 Å². The normalized spacial score (nSPS) is 10.4. The molecule has 1 amide bonds. The van der Waals surface area contributed by atoms with Gasteiger partial charge in [0, 0.05) is 5.75 Å². The summed E-state index contributed by atoms with van der Waals surface area (Å²) in [6.45, 7) is 0. The number of carbonyl (C=O) groups excluding carboxylic acids is 1. The van der Waals surface area contributed by atoms with Gasteiger partial charge in [-0.25, -0.2) is 0 Å². The Labute approximate surface area is 163 Å². The fourth-order valence-corrected chi connectivity index (χ4v) is 4.92. The van der Waals surface area contributed by atoms with Gasteiger partial charge in [0.1, 0.15) is 0 Å². The van der Waals surface area contributed by atoms with E-state index < -0.39 is 0 Å². The lowest BCUT2D eigenvalue weighted by atomic mass is 10.00. The number of hydrogen-bond acceptors (Lipinski definition) is 7. The maximum Gasteiger partial charge on any atom is 0.227 e. The molecule has 0 saturated carbocycles. The molecule has 2 N–H and O–H groups in total. The van der Waals surface area contributed by atoms with E-state index in [1.165, 1.54) is 23.1 Å². The number of hydrogen-bond donors (Lipinski definition) is 1. The van der Waals surface area contributed by atoms with E-state index in [1.807, 2.05) is 36.4 Å². The molecule has 0 spiro atoms. The molecule has 1 aromatic heterocycles. The molecule has 8 heteroatoms. The number of rotatable bonds is 7. The monoisotopic (exact) mass is 398 g/mol. The Bertz CT molecular complexity index is 948. The first-order valence-corrected chi connectivity index (χ1v) is 10.4. The Morgan fingerprint density at radius 2 is 1.77 bits per heavy atom. The van der Waals surface area contributed by atoms with Crippen LogP contribution < -0.4 is 5.73 Å². The quantitative estimate of drug-likeness (QED) is 0.606. The minimum absolute atomic E-state index is 0.213. The van der Waals surface area contributed by atoms with Crippen LogP contribution in [0.25, 0.3) is 11.1 Å². The van der Waals surface area contributed by atoms with Crippen LogP contribution in [0.4, 0.5) is 0 Å². The second-order valence-electron chi connectivity index (χ2n) is 5.23. The first-order valence-electron chi connectivity index (χ1n) is 7.61. The molecule has 0 atom stereocenters. The predicted molar refractivity (Wildman–Crippen MR) is 106 cm³/mol. The third-order valence-electron chi connectivity index (χ3n) is 3.40. The van der Waals surface area contributed by atoms with Gasteiger partial charge >= 0.3 is 0 Å². The van der Waals surface area contributed by atoms with E-state index in [9.17, 15) is 10.1 Å². The molecular weight excluding hydrogens is 384 g/mol. The van der Waals surface area contributed by atoms with Crippen molar-refractivity contribution in [3.05, 3.63) is 59.7 Å². The van der Waals surface area contributed by atoms with E-state index in [0.717, 1.165) is 31.1 Å². The van der Waals surface area contributed by atoms with Gasteiger partial charge < -0.3 is 5.73 Å². The van der Waals surface area contributed by atoms with E-state index in [0.29, 0.717) is 5.56 Å². The van der Waals surface area contributed by atoms with Crippen molar-refractivity contribution in [1.29, 1.82) is 5.26 Å². The molecule has 3 rings (SSSR count). The number of benzene rings is 2. The Morgan fingerprint density at radius 1 is 1.08 bits per heavy atom. The molecule has 130 valence electrons. The molecule has 0 aliphatic heterocycles. The molecular formula is C18H14N4OS3. The van der Waals surface area contributed by atoms with Crippen molar-refractivity contribution in [3.8, 4) is 17.2 Å². The van der Waals surface area contributed by atoms with E-state index in [-0.39, 0.29) is 11.7 Å². The molecule has 5 nitrogen and oxygen atoms in total. The lowest BCUT2D eigenvalue weighted by molar-refractivity contribution is -0.115. The molecule has 1 heterocycles. The minimum Gasteiger partial charge on any atom is -0.369 e. The van der Waals surface area contributed by atoms with Gasteiger partial charge in [0.25, 0.3) is 0 Å². The van der Waals surface area contributed by atoms with Gasteiger partial charge in [-0.15, -0.1) is 10.2 Å². The van der Waals surface area contributed by atoms with Crippen molar-refractivity contribution in [2.45, 2.75) is 14.4 Å². The molecule has 0 aliphatic rings. The summed E-state index contributed by atoms with van der Waals surface area (Å²) in [6, 6.07) is 18.0. The van der Waals surface area contributed by atoms with Gasteiger partial charge in [-0.1, -0.05) is 77.3 Å². The number of aromatic nitrogens is 2. The van der Waals surface area contributed by atoms with Gasteiger partial charge in [-0.2, -0.15) is 5.26 Å². The minimum atomic E-state index is -0.363. The van der Waals surface area contributed by atoms with Crippen LogP contribution in [-0.2, 0) is 10.5 Å². The first kappa shape index (κ1) is 18.5. The van der Waals surface area contributed by atoms with Crippen molar-refractivity contribution < 1.29 is 4.79 Å². The summed E-state index contributed by atoms with van der Waals surface area (Å²) < 4.78 is 1.60. The average molecular weight is 399 g/mol. The highest BCUT2D eigenvalue weighted by atomic mass is 32.2. The summed E-state index contributed by atoms with van der Waals surface area (Å²) in [5.74, 6) is 0.623. The van der Waals surface area contributed by atoms with Gasteiger partial charge in [-0.3, -0.25) is 4.79 Å². The van der Waals surface area contributed by atoms with E-state index >= 15 is 0 Å². The van der Waals surface area contributed by atoms with Crippen molar-refractivity contribution in [2.75, 3.05) is 5.75 Å². The first-order chi connectivity index (χ1) is 12.7. The molecule has 0 saturated heterocycles. The fourth-order valence-electron chi connectivity index (χ4n) is 2.20. The maximum atomic E-state index is 10.8. The highest BCUT2D eigenvalue weighted by Gasteiger charge is 2.08. The van der Waals surface area contributed by atoms with Crippen LogP contribution in [0.1, 0.15) is 11.1 Å². The zero-order chi connectivity index (χ0) is 18.4. The third kappa shape index (κ3) is 4.85. The van der Waals surface area contributed by atoms with E-state index in [1.54, 1.807) is 11.8 Å². The molecule has 2 aromatic carbocycles. The lowest BCUT2D eigenvalue weighted by Gasteiger charge is -2.05. The predicted octanol–water partition coefficient (Wildman–Crippen LogP) is 3.95. The highest BCUT2D eigenvalue weighted by molar-refractivity contribution is 8.03. The number of nitriles is 1. The second-order valence-corrected chi connectivity index (χ2v) is 8.65. The van der Waals surface area contributed by atoms with Crippen molar-refractivity contribution in [3.63, 3.8) is 0 Å². The number of amides is 1. The maximum absolute atomic E-state index is 10.8. The van der Waals surface area contributed by atoms with Crippen LogP contribution in [-0.4, -0.2) is 21.9 Å². The zero-order valence-electron chi connectivity index (χ0n) is 13.6. The molecule has 0 bridgehead atoms. The fraction of sp³-hybridized carbons (Fsp3) is 0.111. The zero-order valence-corrected chi connectivity index (χ0v) is 16.0. The lowest BCUT2D eigenvalue weighted by Crippen LogP contribution is -2.12. The molecule has 0 fully saturated rings. The SMILES string of the molecule is N#Cc1ccccc1-c1ccc(CSc2nnc(SCC(N)=O)s2)cc1. The molecule has 3 aromatic rings. The number of nitrogens with two attached hydrogens (primary N) is 1. The van der Waals surface area contributed by atoms with Crippen molar-refractivity contribution >= 4 is 40.8 Å². The van der Waals surface area contributed by atoms with Crippen LogP contribution >= 0.6 is 34.9 Å². The standard InChI is InChI=1S/C18H14N4OS3/c19-9-14-3-1-2-4-15(14)13-7-5-12(6-8-13)10-24-17-21-22-18(26-17)25-11-16(20)23/h1-8H,10-11H2,(H2,20,23). The number of primary amides is 1.